The van der Waals surface area contributed by atoms with Gasteiger partial charge in [0.05, 0.1) is 5.56 Å². The minimum atomic E-state index is -4.46. The van der Waals surface area contributed by atoms with Crippen molar-refractivity contribution in [2.75, 3.05) is 6.61 Å². The molecule has 4 nitrogen and oxygen atoms in total. The number of carboxylic acid groups (broad SMARTS) is 1. The van der Waals surface area contributed by atoms with Crippen molar-refractivity contribution < 1.29 is 32.5 Å². The van der Waals surface area contributed by atoms with Gasteiger partial charge in [0.25, 0.3) is 0 Å². The Labute approximate surface area is 175 Å². The fraction of sp³-hybridized carbons (Fsp3) is 0.522. The number of ether oxygens (including phenoxy) is 2. The summed E-state index contributed by atoms with van der Waals surface area (Å²) in [5.41, 5.74) is -0.801. The van der Waals surface area contributed by atoms with E-state index in [-0.39, 0.29) is 12.4 Å². The van der Waals surface area contributed by atoms with Crippen molar-refractivity contribution in [3.05, 3.63) is 54.1 Å². The van der Waals surface area contributed by atoms with Crippen LogP contribution in [0.1, 0.15) is 56.9 Å². The highest BCUT2D eigenvalue weighted by molar-refractivity contribution is 5.72. The quantitative estimate of drug-likeness (QED) is 0.626. The largest absolute Gasteiger partial charge is 0.491 e. The number of alkyl halides is 3. The molecular weight excluding hydrogens is 397 g/mol. The van der Waals surface area contributed by atoms with E-state index >= 15 is 0 Å². The summed E-state index contributed by atoms with van der Waals surface area (Å²) in [6, 6.07) is 4.59. The summed E-state index contributed by atoms with van der Waals surface area (Å²) in [7, 11) is 0. The first-order chi connectivity index (χ1) is 14.4. The van der Waals surface area contributed by atoms with Crippen LogP contribution >= 0.6 is 0 Å². The van der Waals surface area contributed by atoms with Gasteiger partial charge in [-0.1, -0.05) is 62.5 Å². The smallest absolute Gasteiger partial charge is 0.416 e. The number of benzene rings is 1. The van der Waals surface area contributed by atoms with E-state index in [1.807, 2.05) is 12.2 Å². The minimum Gasteiger partial charge on any atom is -0.491 e. The molecule has 0 spiro atoms. The normalized spacial score (nSPS) is 24.2. The fourth-order valence-electron chi connectivity index (χ4n) is 3.20. The van der Waals surface area contributed by atoms with Gasteiger partial charge in [0.1, 0.15) is 18.5 Å². The van der Waals surface area contributed by atoms with Gasteiger partial charge in [-0.25, -0.2) is 4.79 Å². The van der Waals surface area contributed by atoms with Crippen LogP contribution in [-0.2, 0) is 15.7 Å². The molecule has 2 atom stereocenters. The number of carboxylic acids is 1. The molecule has 0 amide bonds. The van der Waals surface area contributed by atoms with Gasteiger partial charge >= 0.3 is 12.1 Å². The maximum absolute atomic E-state index is 12.9. The van der Waals surface area contributed by atoms with E-state index in [0.717, 1.165) is 57.1 Å². The molecule has 0 fully saturated rings. The van der Waals surface area contributed by atoms with Gasteiger partial charge in [-0.2, -0.15) is 13.2 Å². The molecule has 30 heavy (non-hydrogen) atoms. The lowest BCUT2D eigenvalue weighted by Crippen LogP contribution is -2.31. The molecule has 1 heterocycles. The average Bonchev–Trinajstić information content (AvgIpc) is 2.71. The molecule has 0 radical (unpaired) electrons. The Morgan fingerprint density at radius 1 is 1.10 bits per heavy atom. The van der Waals surface area contributed by atoms with Gasteiger partial charge in [-0.3, -0.25) is 0 Å². The van der Waals surface area contributed by atoms with Gasteiger partial charge in [0, 0.05) is 0 Å². The van der Waals surface area contributed by atoms with E-state index in [2.05, 4.69) is 0 Å². The molecule has 1 aliphatic heterocycles. The lowest BCUT2D eigenvalue weighted by Gasteiger charge is -2.21. The first-order valence-electron chi connectivity index (χ1n) is 10.4. The Bertz CT molecular complexity index is 713. The van der Waals surface area contributed by atoms with Crippen LogP contribution in [0.25, 0.3) is 0 Å². The van der Waals surface area contributed by atoms with Crippen molar-refractivity contribution in [3.63, 3.8) is 0 Å². The molecule has 166 valence electrons. The van der Waals surface area contributed by atoms with E-state index in [1.165, 1.54) is 12.1 Å². The van der Waals surface area contributed by atoms with E-state index in [4.69, 9.17) is 9.47 Å². The summed E-state index contributed by atoms with van der Waals surface area (Å²) < 4.78 is 49.9. The Morgan fingerprint density at radius 3 is 2.57 bits per heavy atom. The zero-order chi connectivity index (χ0) is 21.8. The third kappa shape index (κ3) is 9.03. The fourth-order valence-corrected chi connectivity index (χ4v) is 3.20. The predicted molar refractivity (Wildman–Crippen MR) is 108 cm³/mol. The van der Waals surface area contributed by atoms with Crippen molar-refractivity contribution in [1.82, 2.24) is 0 Å². The van der Waals surface area contributed by atoms with Crippen molar-refractivity contribution in [3.8, 4) is 5.75 Å². The first-order valence-corrected chi connectivity index (χ1v) is 10.4. The van der Waals surface area contributed by atoms with E-state index in [0.29, 0.717) is 6.42 Å². The maximum Gasteiger partial charge on any atom is 0.416 e. The number of carbonyl (C=O) groups is 1. The molecule has 1 N–H and O–H groups in total. The van der Waals surface area contributed by atoms with E-state index in [9.17, 15) is 23.1 Å². The van der Waals surface area contributed by atoms with Crippen molar-refractivity contribution >= 4 is 5.97 Å². The highest BCUT2D eigenvalue weighted by Gasteiger charge is 2.30. The van der Waals surface area contributed by atoms with Gasteiger partial charge < -0.3 is 14.6 Å². The van der Waals surface area contributed by atoms with Gasteiger partial charge in [-0.15, -0.1) is 0 Å². The van der Waals surface area contributed by atoms with Gasteiger partial charge in [-0.05, 0) is 37.5 Å². The molecule has 0 aliphatic carbocycles. The third-order valence-electron chi connectivity index (χ3n) is 4.85. The van der Waals surface area contributed by atoms with Gasteiger partial charge in [0.15, 0.2) is 6.10 Å². The third-order valence-corrected chi connectivity index (χ3v) is 4.85. The van der Waals surface area contributed by atoms with Crippen molar-refractivity contribution in [1.29, 1.82) is 0 Å². The van der Waals surface area contributed by atoms with E-state index < -0.39 is 29.9 Å². The van der Waals surface area contributed by atoms with Crippen LogP contribution in [0.3, 0.4) is 0 Å². The highest BCUT2D eigenvalue weighted by atomic mass is 19.4. The van der Waals surface area contributed by atoms with Crippen LogP contribution in [0.5, 0.6) is 5.75 Å². The zero-order valence-corrected chi connectivity index (χ0v) is 16.9. The molecule has 0 bridgehead atoms. The predicted octanol–water partition coefficient (Wildman–Crippen LogP) is 6.17. The average molecular weight is 426 g/mol. The van der Waals surface area contributed by atoms with Gasteiger partial charge in [0.2, 0.25) is 0 Å². The molecule has 2 rings (SSSR count). The SMILES string of the molecule is O=C(O)C1CCCCCCCC/C=C\C=C\C(COc2cccc(C(F)(F)F)c2)O1. The Kier molecular flexibility index (Phi) is 9.94. The lowest BCUT2D eigenvalue weighted by atomic mass is 10.1. The second kappa shape index (κ2) is 12.4. The number of allylic oxidation sites excluding steroid dienone is 3. The minimum absolute atomic E-state index is 0.0557. The Balaban J connectivity index is 2.07. The summed E-state index contributed by atoms with van der Waals surface area (Å²) in [4.78, 5) is 11.6. The Morgan fingerprint density at radius 2 is 1.83 bits per heavy atom. The number of halogens is 3. The molecule has 7 heteroatoms. The molecule has 1 aromatic carbocycles. The van der Waals surface area contributed by atoms with Crippen LogP contribution < -0.4 is 4.74 Å². The molecule has 1 aromatic rings. The highest BCUT2D eigenvalue weighted by Crippen LogP contribution is 2.31. The monoisotopic (exact) mass is 426 g/mol. The van der Waals surface area contributed by atoms with Crippen LogP contribution in [0, 0.1) is 0 Å². The topological polar surface area (TPSA) is 55.8 Å². The standard InChI is InChI=1S/C23H29F3O4/c24-23(25,26)18-12-11-14-19(16-18)29-17-20-13-9-7-5-3-1-2-4-6-8-10-15-21(30-20)22(27)28/h5,7,9,11-14,16,20-21H,1-4,6,8,10,15,17H2,(H,27,28)/b7-5-,13-9+. The van der Waals surface area contributed by atoms with Crippen molar-refractivity contribution in [2.24, 2.45) is 0 Å². The molecule has 0 saturated carbocycles. The lowest BCUT2D eigenvalue weighted by molar-refractivity contribution is -0.154. The molecule has 1 aliphatic rings. The number of hydrogen-bond acceptors (Lipinski definition) is 3. The summed E-state index contributed by atoms with van der Waals surface area (Å²) in [5.74, 6) is -0.993. The second-order valence-electron chi connectivity index (χ2n) is 7.35. The summed E-state index contributed by atoms with van der Waals surface area (Å²) in [6.07, 6.45) is 8.72. The molecular formula is C23H29F3O4. The summed E-state index contributed by atoms with van der Waals surface area (Å²) in [5, 5.41) is 9.49. The van der Waals surface area contributed by atoms with Crippen LogP contribution in [0.4, 0.5) is 13.2 Å². The van der Waals surface area contributed by atoms with Crippen LogP contribution in [-0.4, -0.2) is 29.9 Å². The second-order valence-corrected chi connectivity index (χ2v) is 7.35. The molecule has 0 saturated heterocycles. The maximum atomic E-state index is 12.9. The molecule has 2 unspecified atom stereocenters. The zero-order valence-electron chi connectivity index (χ0n) is 16.9. The number of hydrogen-bond donors (Lipinski definition) is 1. The number of aliphatic carboxylic acids is 1. The Hall–Kier alpha value is -2.28. The first kappa shape index (κ1) is 24.0. The number of rotatable bonds is 4. The van der Waals surface area contributed by atoms with Crippen molar-refractivity contribution in [2.45, 2.75) is 69.8 Å². The van der Waals surface area contributed by atoms with Crippen LogP contribution in [0.2, 0.25) is 0 Å². The van der Waals surface area contributed by atoms with Crippen LogP contribution in [0.15, 0.2) is 48.6 Å². The molecule has 0 aromatic heterocycles. The summed E-state index contributed by atoms with van der Waals surface area (Å²) >= 11 is 0. The van der Waals surface area contributed by atoms with E-state index in [1.54, 1.807) is 12.2 Å². The summed E-state index contributed by atoms with van der Waals surface area (Å²) in [6.45, 7) is -0.0879.